The van der Waals surface area contributed by atoms with Crippen LogP contribution in [0.15, 0.2) is 41.1 Å². The number of nitrogen functional groups attached to an aromatic ring is 1. The third kappa shape index (κ3) is 2.85. The highest BCUT2D eigenvalue weighted by Crippen LogP contribution is 2.16. The molecular formula is C13H14N2OS. The standard InChI is InChI=1S/C13H14N2OS/c1-9(11-6-7-17-8-11)15-13(16)10-2-4-12(14)5-3-10/h2-9H,14H2,1H3,(H,15,16). The van der Waals surface area contributed by atoms with Crippen LogP contribution in [0.5, 0.6) is 0 Å². The lowest BCUT2D eigenvalue weighted by Gasteiger charge is -2.12. The maximum atomic E-state index is 11.9. The van der Waals surface area contributed by atoms with E-state index in [1.54, 1.807) is 35.6 Å². The molecule has 1 amide bonds. The average molecular weight is 246 g/mol. The van der Waals surface area contributed by atoms with E-state index >= 15 is 0 Å². The molecule has 4 heteroatoms. The predicted octanol–water partition coefficient (Wildman–Crippen LogP) is 2.82. The van der Waals surface area contributed by atoms with Crippen LogP contribution in [0.2, 0.25) is 0 Å². The maximum absolute atomic E-state index is 11.9. The summed E-state index contributed by atoms with van der Waals surface area (Å²) < 4.78 is 0. The van der Waals surface area contributed by atoms with Crippen LogP contribution in [0.1, 0.15) is 28.9 Å². The Bertz CT molecular complexity index is 491. The first kappa shape index (κ1) is 11.7. The predicted molar refractivity (Wildman–Crippen MR) is 71.1 cm³/mol. The van der Waals surface area contributed by atoms with Crippen LogP contribution < -0.4 is 11.1 Å². The van der Waals surface area contributed by atoms with E-state index in [0.717, 1.165) is 5.56 Å². The molecule has 0 bridgehead atoms. The van der Waals surface area contributed by atoms with Gasteiger partial charge >= 0.3 is 0 Å². The van der Waals surface area contributed by atoms with Gasteiger partial charge < -0.3 is 11.1 Å². The van der Waals surface area contributed by atoms with Gasteiger partial charge in [0.1, 0.15) is 0 Å². The Kier molecular flexibility index (Phi) is 3.44. The molecule has 0 radical (unpaired) electrons. The Morgan fingerprint density at radius 1 is 1.29 bits per heavy atom. The molecule has 0 saturated carbocycles. The van der Waals surface area contributed by atoms with Crippen LogP contribution in [0.4, 0.5) is 5.69 Å². The van der Waals surface area contributed by atoms with Gasteiger partial charge in [-0.05, 0) is 53.6 Å². The van der Waals surface area contributed by atoms with Crippen molar-refractivity contribution in [3.8, 4) is 0 Å². The number of hydrogen-bond donors (Lipinski definition) is 2. The van der Waals surface area contributed by atoms with E-state index in [0.29, 0.717) is 11.3 Å². The summed E-state index contributed by atoms with van der Waals surface area (Å²) in [5, 5.41) is 6.98. The van der Waals surface area contributed by atoms with Crippen molar-refractivity contribution in [2.45, 2.75) is 13.0 Å². The van der Waals surface area contributed by atoms with Crippen molar-refractivity contribution in [2.75, 3.05) is 5.73 Å². The van der Waals surface area contributed by atoms with Crippen molar-refractivity contribution in [3.05, 3.63) is 52.2 Å². The van der Waals surface area contributed by atoms with E-state index < -0.39 is 0 Å². The number of carbonyl (C=O) groups excluding carboxylic acids is 1. The second-order valence-corrected chi connectivity index (χ2v) is 4.65. The van der Waals surface area contributed by atoms with Gasteiger partial charge in [-0.1, -0.05) is 0 Å². The molecule has 1 atom stereocenters. The lowest BCUT2D eigenvalue weighted by atomic mass is 10.1. The number of anilines is 1. The van der Waals surface area contributed by atoms with Crippen LogP contribution in [-0.4, -0.2) is 5.91 Å². The van der Waals surface area contributed by atoms with Gasteiger partial charge in [-0.3, -0.25) is 4.79 Å². The Morgan fingerprint density at radius 3 is 2.59 bits per heavy atom. The molecule has 2 aromatic rings. The second-order valence-electron chi connectivity index (χ2n) is 3.87. The Hall–Kier alpha value is -1.81. The highest BCUT2D eigenvalue weighted by molar-refractivity contribution is 7.07. The topological polar surface area (TPSA) is 55.1 Å². The molecule has 1 heterocycles. The normalized spacial score (nSPS) is 12.1. The van der Waals surface area contributed by atoms with Crippen molar-refractivity contribution in [3.63, 3.8) is 0 Å². The lowest BCUT2D eigenvalue weighted by Crippen LogP contribution is -2.26. The number of nitrogens with one attached hydrogen (secondary N) is 1. The Labute approximate surface area is 104 Å². The smallest absolute Gasteiger partial charge is 0.251 e. The van der Waals surface area contributed by atoms with Crippen LogP contribution in [0.25, 0.3) is 0 Å². The monoisotopic (exact) mass is 246 g/mol. The quantitative estimate of drug-likeness (QED) is 0.818. The summed E-state index contributed by atoms with van der Waals surface area (Å²) in [5.74, 6) is -0.0799. The minimum Gasteiger partial charge on any atom is -0.399 e. The minimum atomic E-state index is -0.0799. The van der Waals surface area contributed by atoms with E-state index in [9.17, 15) is 4.79 Å². The number of amides is 1. The number of thiophene rings is 1. The molecular weight excluding hydrogens is 232 g/mol. The zero-order valence-corrected chi connectivity index (χ0v) is 10.3. The van der Waals surface area contributed by atoms with Gasteiger partial charge in [0.05, 0.1) is 6.04 Å². The molecule has 2 rings (SSSR count). The van der Waals surface area contributed by atoms with E-state index in [2.05, 4.69) is 5.32 Å². The number of nitrogens with two attached hydrogens (primary N) is 1. The van der Waals surface area contributed by atoms with Gasteiger partial charge in [-0.15, -0.1) is 0 Å². The van der Waals surface area contributed by atoms with Crippen molar-refractivity contribution in [1.29, 1.82) is 0 Å². The van der Waals surface area contributed by atoms with Crippen LogP contribution in [0, 0.1) is 0 Å². The van der Waals surface area contributed by atoms with E-state index in [4.69, 9.17) is 5.73 Å². The zero-order chi connectivity index (χ0) is 12.3. The van der Waals surface area contributed by atoms with Crippen molar-refractivity contribution < 1.29 is 4.79 Å². The number of hydrogen-bond acceptors (Lipinski definition) is 3. The molecule has 3 nitrogen and oxygen atoms in total. The van der Waals surface area contributed by atoms with Crippen LogP contribution in [0.3, 0.4) is 0 Å². The highest BCUT2D eigenvalue weighted by atomic mass is 32.1. The largest absolute Gasteiger partial charge is 0.399 e. The van der Waals surface area contributed by atoms with Gasteiger partial charge in [-0.2, -0.15) is 11.3 Å². The number of carbonyl (C=O) groups is 1. The summed E-state index contributed by atoms with van der Waals surface area (Å²) in [7, 11) is 0. The lowest BCUT2D eigenvalue weighted by molar-refractivity contribution is 0.0940. The first-order chi connectivity index (χ1) is 8.16. The average Bonchev–Trinajstić information content (AvgIpc) is 2.83. The summed E-state index contributed by atoms with van der Waals surface area (Å²) in [5.41, 5.74) is 7.98. The van der Waals surface area contributed by atoms with E-state index in [1.165, 1.54) is 0 Å². The molecule has 1 aromatic carbocycles. The van der Waals surface area contributed by atoms with Crippen LogP contribution in [-0.2, 0) is 0 Å². The Balaban J connectivity index is 2.04. The van der Waals surface area contributed by atoms with Gasteiger partial charge in [0.2, 0.25) is 0 Å². The van der Waals surface area contributed by atoms with Gasteiger partial charge in [0.15, 0.2) is 0 Å². The first-order valence-corrected chi connectivity index (χ1v) is 6.29. The fraction of sp³-hybridized carbons (Fsp3) is 0.154. The number of rotatable bonds is 3. The third-order valence-electron chi connectivity index (χ3n) is 2.56. The third-order valence-corrected chi connectivity index (χ3v) is 3.27. The zero-order valence-electron chi connectivity index (χ0n) is 9.51. The summed E-state index contributed by atoms with van der Waals surface area (Å²) >= 11 is 1.62. The van der Waals surface area contributed by atoms with E-state index in [1.807, 2.05) is 23.8 Å². The molecule has 0 aliphatic rings. The molecule has 88 valence electrons. The molecule has 3 N–H and O–H groups in total. The van der Waals surface area contributed by atoms with Crippen molar-refractivity contribution in [2.24, 2.45) is 0 Å². The van der Waals surface area contributed by atoms with E-state index in [-0.39, 0.29) is 11.9 Å². The maximum Gasteiger partial charge on any atom is 0.251 e. The van der Waals surface area contributed by atoms with Gasteiger partial charge in [0, 0.05) is 11.3 Å². The minimum absolute atomic E-state index is 0.0197. The molecule has 0 aliphatic carbocycles. The Morgan fingerprint density at radius 2 is 2.00 bits per heavy atom. The fourth-order valence-electron chi connectivity index (χ4n) is 1.52. The van der Waals surface area contributed by atoms with Crippen LogP contribution >= 0.6 is 11.3 Å². The molecule has 0 fully saturated rings. The summed E-state index contributed by atoms with van der Waals surface area (Å²) in [6.45, 7) is 1.97. The first-order valence-electron chi connectivity index (χ1n) is 5.35. The molecule has 0 saturated heterocycles. The number of benzene rings is 1. The summed E-state index contributed by atoms with van der Waals surface area (Å²) in [4.78, 5) is 11.9. The van der Waals surface area contributed by atoms with Crippen molar-refractivity contribution >= 4 is 22.9 Å². The molecule has 1 aromatic heterocycles. The highest BCUT2D eigenvalue weighted by Gasteiger charge is 2.11. The summed E-state index contributed by atoms with van der Waals surface area (Å²) in [6.07, 6.45) is 0. The molecule has 17 heavy (non-hydrogen) atoms. The summed E-state index contributed by atoms with van der Waals surface area (Å²) in [6, 6.07) is 8.94. The van der Waals surface area contributed by atoms with Crippen molar-refractivity contribution in [1.82, 2.24) is 5.32 Å². The van der Waals surface area contributed by atoms with Gasteiger partial charge in [-0.25, -0.2) is 0 Å². The SMILES string of the molecule is CC(NC(=O)c1ccc(N)cc1)c1ccsc1. The fourth-order valence-corrected chi connectivity index (χ4v) is 2.27. The van der Waals surface area contributed by atoms with Gasteiger partial charge in [0.25, 0.3) is 5.91 Å². The second kappa shape index (κ2) is 5.01. The molecule has 0 spiro atoms. The molecule has 1 unspecified atom stereocenters. The molecule has 0 aliphatic heterocycles.